The summed E-state index contributed by atoms with van der Waals surface area (Å²) in [6.07, 6.45) is -1.35. The molecule has 0 radical (unpaired) electrons. The zero-order valence-electron chi connectivity index (χ0n) is 16.2. The van der Waals surface area contributed by atoms with Gasteiger partial charge in [-0.2, -0.15) is 10.5 Å². The number of hydrogen-bond donors (Lipinski definition) is 3. The summed E-state index contributed by atoms with van der Waals surface area (Å²) in [5.41, 5.74) is 5.30. The maximum Gasteiger partial charge on any atom is 0.349 e. The molecule has 3 rings (SSSR count). The second-order valence-electron chi connectivity index (χ2n) is 6.33. The molecule has 0 saturated carbocycles. The van der Waals surface area contributed by atoms with E-state index < -0.39 is 17.6 Å². The number of nitriles is 2. The lowest BCUT2D eigenvalue weighted by Crippen LogP contribution is -2.18. The first-order valence-electron chi connectivity index (χ1n) is 8.90. The molecule has 0 aliphatic rings. The van der Waals surface area contributed by atoms with E-state index in [-0.39, 0.29) is 39.6 Å². The van der Waals surface area contributed by atoms with E-state index in [1.54, 1.807) is 36.4 Å². The topological polar surface area (TPSA) is 162 Å². The molecule has 31 heavy (non-hydrogen) atoms. The molecule has 9 heteroatoms. The summed E-state index contributed by atoms with van der Waals surface area (Å²) >= 11 is 0. The van der Waals surface area contributed by atoms with Crippen molar-refractivity contribution in [2.75, 3.05) is 12.8 Å². The Kier molecular flexibility index (Phi) is 5.90. The number of rotatable bonds is 6. The number of nitrogens with one attached hydrogen (secondary N) is 1. The van der Waals surface area contributed by atoms with Crippen molar-refractivity contribution in [3.05, 3.63) is 75.6 Å². The van der Waals surface area contributed by atoms with E-state index in [4.69, 9.17) is 15.2 Å². The Balaban J connectivity index is 2.20. The Labute approximate surface area is 176 Å². The summed E-state index contributed by atoms with van der Waals surface area (Å²) in [6, 6.07) is 16.4. The van der Waals surface area contributed by atoms with Gasteiger partial charge in [-0.3, -0.25) is 4.79 Å². The van der Waals surface area contributed by atoms with Crippen molar-refractivity contribution < 1.29 is 19.4 Å². The number of pyridine rings is 1. The normalized spacial score (nSPS) is 11.1. The van der Waals surface area contributed by atoms with Crippen LogP contribution < -0.4 is 20.8 Å². The number of methoxy groups -OCH3 is 1. The Morgan fingerprint density at radius 2 is 1.77 bits per heavy atom. The number of nitrogens with two attached hydrogens (primary N) is 1. The third kappa shape index (κ3) is 4.02. The molecule has 0 saturated heterocycles. The van der Waals surface area contributed by atoms with Crippen LogP contribution in [0.2, 0.25) is 0 Å². The molecule has 4 N–H and O–H groups in total. The van der Waals surface area contributed by atoms with Crippen LogP contribution in [0.3, 0.4) is 0 Å². The Morgan fingerprint density at radius 3 is 2.35 bits per heavy atom. The molecule has 0 aliphatic carbocycles. The number of ether oxygens (including phenoxy) is 2. The fraction of sp³-hybridized carbons (Fsp3) is 0.0909. The van der Waals surface area contributed by atoms with Gasteiger partial charge in [0.15, 0.2) is 11.5 Å². The summed E-state index contributed by atoms with van der Waals surface area (Å²) in [6.45, 7) is 0. The van der Waals surface area contributed by atoms with Gasteiger partial charge in [-0.25, -0.2) is 4.79 Å². The number of hydrogen-bond acceptors (Lipinski definition) is 7. The van der Waals surface area contributed by atoms with Gasteiger partial charge >= 0.3 is 5.97 Å². The number of carboxylic acids is 1. The molecule has 0 amide bonds. The second-order valence-corrected chi connectivity index (χ2v) is 6.33. The number of carbonyl (C=O) groups is 1. The number of aromatic amines is 1. The summed E-state index contributed by atoms with van der Waals surface area (Å²) in [5, 5.41) is 28.6. The average Bonchev–Trinajstić information content (AvgIpc) is 2.77. The molecule has 1 unspecified atom stereocenters. The average molecular weight is 416 g/mol. The molecule has 9 nitrogen and oxygen atoms in total. The van der Waals surface area contributed by atoms with Crippen molar-refractivity contribution in [1.29, 1.82) is 10.5 Å². The molecule has 1 heterocycles. The molecule has 1 aromatic heterocycles. The Bertz CT molecular complexity index is 1290. The molecule has 0 aliphatic heterocycles. The van der Waals surface area contributed by atoms with Gasteiger partial charge in [0, 0.05) is 11.1 Å². The Hall–Kier alpha value is -4.76. The number of nitrogen functional groups attached to an aromatic ring is 1. The lowest BCUT2D eigenvalue weighted by molar-refractivity contribution is -0.145. The first kappa shape index (κ1) is 21.0. The molecule has 0 fully saturated rings. The summed E-state index contributed by atoms with van der Waals surface area (Å²) < 4.78 is 11.0. The predicted molar refractivity (Wildman–Crippen MR) is 110 cm³/mol. The van der Waals surface area contributed by atoms with E-state index in [0.29, 0.717) is 5.56 Å². The highest BCUT2D eigenvalue weighted by Crippen LogP contribution is 2.37. The van der Waals surface area contributed by atoms with Crippen LogP contribution in [0.25, 0.3) is 11.1 Å². The fourth-order valence-corrected chi connectivity index (χ4v) is 3.07. The van der Waals surface area contributed by atoms with E-state index in [0.717, 1.165) is 0 Å². The summed E-state index contributed by atoms with van der Waals surface area (Å²) in [7, 11) is 1.38. The van der Waals surface area contributed by atoms with Crippen molar-refractivity contribution >= 4 is 11.8 Å². The third-order valence-electron chi connectivity index (χ3n) is 4.49. The number of aromatic nitrogens is 1. The van der Waals surface area contributed by atoms with Gasteiger partial charge in [-0.05, 0) is 17.7 Å². The van der Waals surface area contributed by atoms with E-state index >= 15 is 0 Å². The van der Waals surface area contributed by atoms with E-state index in [2.05, 4.69) is 4.98 Å². The number of anilines is 1. The highest BCUT2D eigenvalue weighted by molar-refractivity contribution is 5.81. The van der Waals surface area contributed by atoms with Crippen LogP contribution >= 0.6 is 0 Å². The van der Waals surface area contributed by atoms with Gasteiger partial charge in [0.1, 0.15) is 29.1 Å². The summed E-state index contributed by atoms with van der Waals surface area (Å²) in [5.74, 6) is -1.15. The standard InChI is InChI=1S/C22H16N4O5/c1-30-16-8-7-13(18-14(10-23)20(25)26-21(27)15(18)11-24)9-17(16)31-19(22(28)29)12-5-3-2-4-6-12/h2-9,19H,1H3,(H,28,29)(H3,25,26,27). The number of benzene rings is 2. The summed E-state index contributed by atoms with van der Waals surface area (Å²) in [4.78, 5) is 26.3. The van der Waals surface area contributed by atoms with Gasteiger partial charge in [-0.1, -0.05) is 36.4 Å². The van der Waals surface area contributed by atoms with Gasteiger partial charge < -0.3 is 25.3 Å². The molecule has 0 bridgehead atoms. The minimum absolute atomic E-state index is 0.0188. The van der Waals surface area contributed by atoms with Gasteiger partial charge in [0.2, 0.25) is 6.10 Å². The molecule has 0 spiro atoms. The van der Waals surface area contributed by atoms with Crippen molar-refractivity contribution in [1.82, 2.24) is 4.98 Å². The molecular formula is C22H16N4O5. The van der Waals surface area contributed by atoms with Crippen LogP contribution in [0.4, 0.5) is 5.82 Å². The van der Waals surface area contributed by atoms with E-state index in [9.17, 15) is 25.2 Å². The van der Waals surface area contributed by atoms with Crippen molar-refractivity contribution in [3.8, 4) is 34.8 Å². The highest BCUT2D eigenvalue weighted by atomic mass is 16.5. The van der Waals surface area contributed by atoms with E-state index in [1.807, 2.05) is 6.07 Å². The van der Waals surface area contributed by atoms with Crippen molar-refractivity contribution in [2.45, 2.75) is 6.10 Å². The smallest absolute Gasteiger partial charge is 0.349 e. The van der Waals surface area contributed by atoms with Gasteiger partial charge in [-0.15, -0.1) is 0 Å². The monoisotopic (exact) mass is 416 g/mol. The molecule has 2 aromatic carbocycles. The van der Waals surface area contributed by atoms with Crippen LogP contribution in [0.1, 0.15) is 22.8 Å². The number of H-pyrrole nitrogens is 1. The second kappa shape index (κ2) is 8.72. The molecule has 1 atom stereocenters. The van der Waals surface area contributed by atoms with Crippen LogP contribution in [-0.2, 0) is 4.79 Å². The quantitative estimate of drug-likeness (QED) is 0.552. The lowest BCUT2D eigenvalue weighted by Gasteiger charge is -2.19. The van der Waals surface area contributed by atoms with Crippen molar-refractivity contribution in [2.24, 2.45) is 0 Å². The first-order valence-corrected chi connectivity index (χ1v) is 8.90. The number of aliphatic carboxylic acids is 1. The largest absolute Gasteiger partial charge is 0.493 e. The lowest BCUT2D eigenvalue weighted by atomic mass is 9.96. The van der Waals surface area contributed by atoms with Crippen LogP contribution in [0, 0.1) is 22.7 Å². The fourth-order valence-electron chi connectivity index (χ4n) is 3.07. The Morgan fingerprint density at radius 1 is 1.10 bits per heavy atom. The van der Waals surface area contributed by atoms with Crippen molar-refractivity contribution in [3.63, 3.8) is 0 Å². The zero-order valence-corrected chi connectivity index (χ0v) is 16.2. The maximum atomic E-state index is 12.2. The van der Waals surface area contributed by atoms with Crippen LogP contribution in [-0.4, -0.2) is 23.2 Å². The van der Waals surface area contributed by atoms with Gasteiger partial charge in [0.25, 0.3) is 5.56 Å². The SMILES string of the molecule is COc1ccc(-c2c(C#N)c(N)[nH]c(=O)c2C#N)cc1OC(C(=O)O)c1ccccc1. The predicted octanol–water partition coefficient (Wildman–Crippen LogP) is 2.58. The third-order valence-corrected chi connectivity index (χ3v) is 4.49. The molecule has 154 valence electrons. The first-order chi connectivity index (χ1) is 14.9. The van der Waals surface area contributed by atoms with Crippen LogP contribution in [0.5, 0.6) is 11.5 Å². The number of nitrogens with zero attached hydrogens (tertiary/aromatic N) is 2. The maximum absolute atomic E-state index is 12.2. The van der Waals surface area contributed by atoms with Crippen LogP contribution in [0.15, 0.2) is 53.3 Å². The molecular weight excluding hydrogens is 400 g/mol. The van der Waals surface area contributed by atoms with Gasteiger partial charge in [0.05, 0.1) is 7.11 Å². The zero-order chi connectivity index (χ0) is 22.5. The molecule has 3 aromatic rings. The highest BCUT2D eigenvalue weighted by Gasteiger charge is 2.25. The van der Waals surface area contributed by atoms with E-state index in [1.165, 1.54) is 25.3 Å². The number of carboxylic acid groups (broad SMARTS) is 1. The minimum Gasteiger partial charge on any atom is -0.493 e. The minimum atomic E-state index is -1.35.